The molecule has 5 nitrogen and oxygen atoms in total. The standard InChI is InChI=1S/C18H20F2N4O/c1-11-8-12(2)22-18(21-11)24-7-3-4-13(10-24)17(25)23-16-9-14(19)5-6-15(16)20/h5-6,8-9,13H,3-4,7,10H2,1-2H3,(H,23,25)/t13-/m1/s1. The van der Waals surface area contributed by atoms with E-state index in [0.717, 1.165) is 42.6 Å². The average molecular weight is 346 g/mol. The quantitative estimate of drug-likeness (QED) is 0.927. The number of carbonyl (C=O) groups excluding carboxylic acids is 1. The second-order valence-corrected chi connectivity index (χ2v) is 6.35. The third kappa shape index (κ3) is 4.10. The molecule has 0 spiro atoms. The predicted molar refractivity (Wildman–Crippen MR) is 91.4 cm³/mol. The van der Waals surface area contributed by atoms with E-state index in [1.54, 1.807) is 0 Å². The molecule has 25 heavy (non-hydrogen) atoms. The molecule has 0 unspecified atom stereocenters. The zero-order chi connectivity index (χ0) is 18.0. The lowest BCUT2D eigenvalue weighted by Gasteiger charge is -2.32. The van der Waals surface area contributed by atoms with Crippen molar-refractivity contribution in [2.24, 2.45) is 5.92 Å². The molecule has 7 heteroatoms. The molecule has 2 aromatic rings. The smallest absolute Gasteiger partial charge is 0.229 e. The van der Waals surface area contributed by atoms with E-state index < -0.39 is 11.6 Å². The molecule has 0 radical (unpaired) electrons. The second-order valence-electron chi connectivity index (χ2n) is 6.35. The topological polar surface area (TPSA) is 58.1 Å². The van der Waals surface area contributed by atoms with Crippen molar-refractivity contribution in [3.8, 4) is 0 Å². The Hall–Kier alpha value is -2.57. The van der Waals surface area contributed by atoms with E-state index in [-0.39, 0.29) is 17.5 Å². The van der Waals surface area contributed by atoms with Gasteiger partial charge in [-0.05, 0) is 44.9 Å². The van der Waals surface area contributed by atoms with Crippen LogP contribution in [0.4, 0.5) is 20.4 Å². The maximum atomic E-state index is 13.7. The Labute approximate surface area is 145 Å². The van der Waals surface area contributed by atoms with Gasteiger partial charge in [-0.2, -0.15) is 0 Å². The molecular weight excluding hydrogens is 326 g/mol. The first-order valence-electron chi connectivity index (χ1n) is 8.25. The van der Waals surface area contributed by atoms with Crippen LogP contribution in [0.15, 0.2) is 24.3 Å². The Morgan fingerprint density at radius 3 is 2.64 bits per heavy atom. The fraction of sp³-hybridized carbons (Fsp3) is 0.389. The van der Waals surface area contributed by atoms with E-state index in [1.165, 1.54) is 0 Å². The summed E-state index contributed by atoms with van der Waals surface area (Å²) in [5, 5.41) is 2.49. The van der Waals surface area contributed by atoms with Crippen LogP contribution < -0.4 is 10.2 Å². The minimum Gasteiger partial charge on any atom is -0.340 e. The van der Waals surface area contributed by atoms with Crippen molar-refractivity contribution < 1.29 is 13.6 Å². The number of halogens is 2. The van der Waals surface area contributed by atoms with Crippen molar-refractivity contribution >= 4 is 17.5 Å². The lowest BCUT2D eigenvalue weighted by Crippen LogP contribution is -2.41. The van der Waals surface area contributed by atoms with Gasteiger partial charge in [0.2, 0.25) is 11.9 Å². The highest BCUT2D eigenvalue weighted by Gasteiger charge is 2.28. The van der Waals surface area contributed by atoms with Crippen LogP contribution in [0.3, 0.4) is 0 Å². The van der Waals surface area contributed by atoms with Gasteiger partial charge >= 0.3 is 0 Å². The second kappa shape index (κ2) is 7.13. The zero-order valence-electron chi connectivity index (χ0n) is 14.2. The van der Waals surface area contributed by atoms with Gasteiger partial charge in [-0.25, -0.2) is 18.7 Å². The van der Waals surface area contributed by atoms with Gasteiger partial charge in [0.15, 0.2) is 0 Å². The summed E-state index contributed by atoms with van der Waals surface area (Å²) < 4.78 is 27.0. The molecule has 0 bridgehead atoms. The predicted octanol–water partition coefficient (Wildman–Crippen LogP) is 3.23. The van der Waals surface area contributed by atoms with Crippen LogP contribution >= 0.6 is 0 Å². The van der Waals surface area contributed by atoms with E-state index in [2.05, 4.69) is 15.3 Å². The Balaban J connectivity index is 1.72. The van der Waals surface area contributed by atoms with Gasteiger partial charge in [-0.1, -0.05) is 0 Å². The number of nitrogens with zero attached hydrogens (tertiary/aromatic N) is 3. The SMILES string of the molecule is Cc1cc(C)nc(N2CCC[C@@H](C(=O)Nc3cc(F)ccc3F)C2)n1. The van der Waals surface area contributed by atoms with Crippen LogP contribution in [-0.4, -0.2) is 29.0 Å². The van der Waals surface area contributed by atoms with Gasteiger partial charge in [-0.15, -0.1) is 0 Å². The molecule has 1 saturated heterocycles. The van der Waals surface area contributed by atoms with Crippen LogP contribution in [0.2, 0.25) is 0 Å². The third-order valence-corrected chi connectivity index (χ3v) is 4.23. The fourth-order valence-corrected chi connectivity index (χ4v) is 3.05. The summed E-state index contributed by atoms with van der Waals surface area (Å²) in [6, 6.07) is 4.90. The van der Waals surface area contributed by atoms with E-state index in [1.807, 2.05) is 24.8 Å². The van der Waals surface area contributed by atoms with Crippen LogP contribution in [0.1, 0.15) is 24.2 Å². The molecule has 0 saturated carbocycles. The number of piperidine rings is 1. The molecule has 1 aliphatic heterocycles. The molecule has 1 fully saturated rings. The molecule has 1 atom stereocenters. The molecule has 1 N–H and O–H groups in total. The summed E-state index contributed by atoms with van der Waals surface area (Å²) >= 11 is 0. The largest absolute Gasteiger partial charge is 0.340 e. The number of rotatable bonds is 3. The van der Waals surface area contributed by atoms with Gasteiger partial charge in [0.25, 0.3) is 0 Å². The minimum atomic E-state index is -0.653. The molecule has 2 heterocycles. The van der Waals surface area contributed by atoms with Crippen molar-refractivity contribution in [3.63, 3.8) is 0 Å². The summed E-state index contributed by atoms with van der Waals surface area (Å²) in [5.74, 6) is -1.29. The zero-order valence-corrected chi connectivity index (χ0v) is 14.2. The molecule has 3 rings (SSSR count). The Bertz CT molecular complexity index is 776. The molecule has 1 aromatic heterocycles. The van der Waals surface area contributed by atoms with Gasteiger partial charge in [0.1, 0.15) is 11.6 Å². The van der Waals surface area contributed by atoms with Crippen LogP contribution in [0.5, 0.6) is 0 Å². The van der Waals surface area contributed by atoms with E-state index in [0.29, 0.717) is 18.9 Å². The number of hydrogen-bond donors (Lipinski definition) is 1. The van der Waals surface area contributed by atoms with E-state index in [4.69, 9.17) is 0 Å². The van der Waals surface area contributed by atoms with Gasteiger partial charge in [0.05, 0.1) is 11.6 Å². The van der Waals surface area contributed by atoms with E-state index >= 15 is 0 Å². The average Bonchev–Trinajstić information content (AvgIpc) is 2.57. The maximum absolute atomic E-state index is 13.7. The van der Waals surface area contributed by atoms with Crippen LogP contribution in [-0.2, 0) is 4.79 Å². The van der Waals surface area contributed by atoms with Crippen LogP contribution in [0.25, 0.3) is 0 Å². The number of anilines is 2. The number of amides is 1. The number of hydrogen-bond acceptors (Lipinski definition) is 4. The number of aromatic nitrogens is 2. The summed E-state index contributed by atoms with van der Waals surface area (Å²) in [4.78, 5) is 23.3. The summed E-state index contributed by atoms with van der Waals surface area (Å²) in [6.07, 6.45) is 1.49. The molecule has 0 aliphatic carbocycles. The summed E-state index contributed by atoms with van der Waals surface area (Å²) in [5.41, 5.74) is 1.61. The highest BCUT2D eigenvalue weighted by Crippen LogP contribution is 2.23. The highest BCUT2D eigenvalue weighted by atomic mass is 19.1. The third-order valence-electron chi connectivity index (χ3n) is 4.23. The van der Waals surface area contributed by atoms with Crippen LogP contribution in [0, 0.1) is 31.4 Å². The number of benzene rings is 1. The summed E-state index contributed by atoms with van der Waals surface area (Å²) in [7, 11) is 0. The van der Waals surface area contributed by atoms with E-state index in [9.17, 15) is 13.6 Å². The number of nitrogens with one attached hydrogen (secondary N) is 1. The van der Waals surface area contributed by atoms with Crippen molar-refractivity contribution in [1.82, 2.24) is 9.97 Å². The first-order valence-corrected chi connectivity index (χ1v) is 8.25. The first kappa shape index (κ1) is 17.3. The van der Waals surface area contributed by atoms with Gasteiger partial charge in [0, 0.05) is 30.5 Å². The fourth-order valence-electron chi connectivity index (χ4n) is 3.05. The highest BCUT2D eigenvalue weighted by molar-refractivity contribution is 5.93. The number of carbonyl (C=O) groups is 1. The molecule has 1 amide bonds. The van der Waals surface area contributed by atoms with Gasteiger partial charge in [-0.3, -0.25) is 4.79 Å². The van der Waals surface area contributed by atoms with Crippen molar-refractivity contribution in [2.45, 2.75) is 26.7 Å². The Morgan fingerprint density at radius 1 is 1.20 bits per heavy atom. The van der Waals surface area contributed by atoms with Crippen molar-refractivity contribution in [1.29, 1.82) is 0 Å². The monoisotopic (exact) mass is 346 g/mol. The summed E-state index contributed by atoms with van der Waals surface area (Å²) in [6.45, 7) is 5.02. The number of aryl methyl sites for hydroxylation is 2. The lowest BCUT2D eigenvalue weighted by molar-refractivity contribution is -0.120. The van der Waals surface area contributed by atoms with Gasteiger partial charge < -0.3 is 10.2 Å². The normalized spacial score (nSPS) is 17.4. The Morgan fingerprint density at radius 2 is 1.92 bits per heavy atom. The molecule has 132 valence electrons. The van der Waals surface area contributed by atoms with Crippen molar-refractivity contribution in [3.05, 3.63) is 47.3 Å². The molecule has 1 aromatic carbocycles. The van der Waals surface area contributed by atoms with Crippen molar-refractivity contribution in [2.75, 3.05) is 23.3 Å². The Kier molecular flexibility index (Phi) is 4.92. The molecule has 1 aliphatic rings. The lowest BCUT2D eigenvalue weighted by atomic mass is 9.97. The molecular formula is C18H20F2N4O. The minimum absolute atomic E-state index is 0.134. The first-order chi connectivity index (χ1) is 11.9. The maximum Gasteiger partial charge on any atom is 0.229 e.